The third-order valence-corrected chi connectivity index (χ3v) is 9.98. The molecule has 264 valence electrons. The summed E-state index contributed by atoms with van der Waals surface area (Å²) < 4.78 is 17.7. The van der Waals surface area contributed by atoms with Gasteiger partial charge in [0.25, 0.3) is 0 Å². The van der Waals surface area contributed by atoms with Crippen molar-refractivity contribution in [2.24, 2.45) is 11.8 Å². The van der Waals surface area contributed by atoms with Gasteiger partial charge >= 0.3 is 5.97 Å². The van der Waals surface area contributed by atoms with Crippen LogP contribution in [0.5, 0.6) is 0 Å². The molecule has 1 aromatic carbocycles. The highest BCUT2D eigenvalue weighted by Gasteiger charge is 2.54. The van der Waals surface area contributed by atoms with E-state index in [2.05, 4.69) is 19.2 Å². The van der Waals surface area contributed by atoms with E-state index in [-0.39, 0.29) is 55.5 Å². The first-order valence-electron chi connectivity index (χ1n) is 16.7. The van der Waals surface area contributed by atoms with Crippen LogP contribution in [0.3, 0.4) is 0 Å². The number of carbonyl (C=O) groups excluding carboxylic acids is 1. The molecule has 0 aliphatic carbocycles. The first kappa shape index (κ1) is 39.4. The standard InChI is InChI=1S/C37H56ClNO8/c1-9-29(45-8)24(4)33-34(47-33)35(39-25(5)26-13-15-27(38)16-14-26)37(7,44)19-10-11-22(2)32-23(3)12-17-30(41)36(6,43)20-18-28(40)21-31(42)46-32/h10-17,19,23-25,28-30,32-35,39-41,43-44H,9,18,20-21H2,1-8H3/b17-12+,19-10+,22-11+/t23-,24+,25+,28+,29-,30-,32+,33+,34-,35?,36+,37?/m0/s1. The van der Waals surface area contributed by atoms with Crippen molar-refractivity contribution in [3.05, 3.63) is 70.8 Å². The molecule has 2 aliphatic heterocycles. The van der Waals surface area contributed by atoms with Crippen LogP contribution in [0, 0.1) is 11.8 Å². The second-order valence-electron chi connectivity index (χ2n) is 13.9. The van der Waals surface area contributed by atoms with E-state index in [0.717, 1.165) is 12.0 Å². The Morgan fingerprint density at radius 2 is 1.87 bits per heavy atom. The maximum atomic E-state index is 12.8. The minimum atomic E-state index is -1.45. The Kier molecular flexibility index (Phi) is 14.3. The van der Waals surface area contributed by atoms with Crippen LogP contribution in [0.1, 0.15) is 85.8 Å². The molecular weight excluding hydrogens is 622 g/mol. The summed E-state index contributed by atoms with van der Waals surface area (Å²) in [5, 5.41) is 47.8. The summed E-state index contributed by atoms with van der Waals surface area (Å²) in [6.07, 6.45) is 6.17. The van der Waals surface area contributed by atoms with Crippen LogP contribution in [0.4, 0.5) is 0 Å². The predicted molar refractivity (Wildman–Crippen MR) is 184 cm³/mol. The van der Waals surface area contributed by atoms with E-state index in [1.165, 1.54) is 13.0 Å². The SMILES string of the molecule is CC[C@H](OC)[C@@H](C)[C@H]1O[C@@H]1C(N[C@H](C)c1ccc(Cl)cc1)C(C)(O)/C=C/C=C(\C)[C@H]1OC(=O)C[C@H](O)CC[C@@](C)(O)[C@@H](O)/C=C/[C@@H]1C. The molecule has 0 radical (unpaired) electrons. The van der Waals surface area contributed by atoms with Crippen molar-refractivity contribution >= 4 is 17.6 Å². The minimum Gasteiger partial charge on any atom is -0.457 e. The average Bonchev–Trinajstić information content (AvgIpc) is 3.80. The van der Waals surface area contributed by atoms with Gasteiger partial charge in [0, 0.05) is 30.0 Å². The lowest BCUT2D eigenvalue weighted by molar-refractivity contribution is -0.151. The maximum Gasteiger partial charge on any atom is 0.309 e. The number of carbonyl (C=O) groups is 1. The molecule has 5 N–H and O–H groups in total. The topological polar surface area (TPSA) is 141 Å². The van der Waals surface area contributed by atoms with Gasteiger partial charge in [0.1, 0.15) is 18.3 Å². The Bertz CT molecular complexity index is 1240. The highest BCUT2D eigenvalue weighted by molar-refractivity contribution is 6.30. The second-order valence-corrected chi connectivity index (χ2v) is 14.3. The van der Waals surface area contributed by atoms with Gasteiger partial charge in [0.2, 0.25) is 0 Å². The summed E-state index contributed by atoms with van der Waals surface area (Å²) in [6.45, 7) is 13.2. The molecule has 3 rings (SSSR count). The third-order valence-electron chi connectivity index (χ3n) is 9.73. The van der Waals surface area contributed by atoms with E-state index >= 15 is 0 Å². The highest BCUT2D eigenvalue weighted by Crippen LogP contribution is 2.39. The van der Waals surface area contributed by atoms with Gasteiger partial charge in [-0.15, -0.1) is 0 Å². The van der Waals surface area contributed by atoms with Crippen molar-refractivity contribution in [3.8, 4) is 0 Å². The van der Waals surface area contributed by atoms with E-state index < -0.39 is 41.5 Å². The zero-order valence-corrected chi connectivity index (χ0v) is 29.9. The summed E-state index contributed by atoms with van der Waals surface area (Å²) in [6, 6.07) is 7.00. The quantitative estimate of drug-likeness (QED) is 0.0874. The molecule has 0 saturated carbocycles. The van der Waals surface area contributed by atoms with Gasteiger partial charge in [0.05, 0.1) is 42.0 Å². The molecule has 2 aliphatic rings. The minimum absolute atomic E-state index is 0.0310. The number of aliphatic hydroxyl groups excluding tert-OH is 2. The molecule has 47 heavy (non-hydrogen) atoms. The summed E-state index contributed by atoms with van der Waals surface area (Å²) in [5.74, 6) is -0.784. The summed E-state index contributed by atoms with van der Waals surface area (Å²) in [4.78, 5) is 12.8. The number of nitrogens with one attached hydrogen (secondary N) is 1. The van der Waals surface area contributed by atoms with Gasteiger partial charge in [-0.1, -0.05) is 74.9 Å². The number of hydrogen-bond acceptors (Lipinski definition) is 9. The van der Waals surface area contributed by atoms with Crippen molar-refractivity contribution in [1.29, 1.82) is 0 Å². The number of epoxide rings is 1. The van der Waals surface area contributed by atoms with Crippen LogP contribution < -0.4 is 5.32 Å². The molecule has 1 aromatic rings. The van der Waals surface area contributed by atoms with E-state index in [0.29, 0.717) is 10.6 Å². The number of halogens is 1. The lowest BCUT2D eigenvalue weighted by atomic mass is 9.86. The lowest BCUT2D eigenvalue weighted by Gasteiger charge is -2.33. The van der Waals surface area contributed by atoms with Crippen LogP contribution in [-0.4, -0.2) is 87.4 Å². The largest absolute Gasteiger partial charge is 0.457 e. The van der Waals surface area contributed by atoms with Gasteiger partial charge in [0.15, 0.2) is 0 Å². The van der Waals surface area contributed by atoms with Gasteiger partial charge in [-0.2, -0.15) is 0 Å². The van der Waals surface area contributed by atoms with Crippen molar-refractivity contribution < 1.29 is 39.4 Å². The van der Waals surface area contributed by atoms with Crippen molar-refractivity contribution in [3.63, 3.8) is 0 Å². The Morgan fingerprint density at radius 3 is 2.49 bits per heavy atom. The van der Waals surface area contributed by atoms with Crippen LogP contribution >= 0.6 is 11.6 Å². The molecule has 2 heterocycles. The Hall–Kier alpha value is -2.08. The fourth-order valence-corrected chi connectivity index (χ4v) is 6.52. The normalized spacial score (nSPS) is 33.9. The van der Waals surface area contributed by atoms with Crippen LogP contribution in [0.15, 0.2) is 60.2 Å². The molecule has 9 nitrogen and oxygen atoms in total. The van der Waals surface area contributed by atoms with E-state index in [1.807, 2.05) is 45.0 Å². The first-order valence-corrected chi connectivity index (χ1v) is 17.1. The molecule has 0 aromatic heterocycles. The zero-order valence-electron chi connectivity index (χ0n) is 29.1. The van der Waals surface area contributed by atoms with Crippen LogP contribution in [-0.2, 0) is 19.0 Å². The zero-order chi connectivity index (χ0) is 35.1. The first-order chi connectivity index (χ1) is 22.0. The van der Waals surface area contributed by atoms with Crippen LogP contribution in [0.25, 0.3) is 0 Å². The Labute approximate surface area is 285 Å². The monoisotopic (exact) mass is 677 g/mol. The van der Waals surface area contributed by atoms with E-state index in [4.69, 9.17) is 25.8 Å². The van der Waals surface area contributed by atoms with Gasteiger partial charge in [-0.25, -0.2) is 0 Å². The Morgan fingerprint density at radius 1 is 1.21 bits per heavy atom. The number of ether oxygens (including phenoxy) is 3. The van der Waals surface area contributed by atoms with Crippen LogP contribution in [0.2, 0.25) is 5.02 Å². The van der Waals surface area contributed by atoms with Crippen molar-refractivity contribution in [1.82, 2.24) is 5.32 Å². The fraction of sp³-hybridized carbons (Fsp3) is 0.649. The molecule has 2 unspecified atom stereocenters. The predicted octanol–water partition coefficient (Wildman–Crippen LogP) is 5.20. The maximum absolute atomic E-state index is 12.8. The molecule has 10 heteroatoms. The van der Waals surface area contributed by atoms with Crippen molar-refractivity contribution in [2.45, 2.75) is 134 Å². The fourth-order valence-electron chi connectivity index (χ4n) is 6.39. The molecular formula is C37H56ClNO8. The number of aliphatic hydroxyl groups is 4. The van der Waals surface area contributed by atoms with Crippen molar-refractivity contribution in [2.75, 3.05) is 7.11 Å². The average molecular weight is 678 g/mol. The molecule has 0 bridgehead atoms. The number of rotatable bonds is 12. The molecule has 1 fully saturated rings. The number of allylic oxidation sites excluding steroid dienone is 2. The molecule has 0 spiro atoms. The summed E-state index contributed by atoms with van der Waals surface area (Å²) >= 11 is 6.12. The highest BCUT2D eigenvalue weighted by atomic mass is 35.5. The Balaban J connectivity index is 1.87. The third kappa shape index (κ3) is 11.0. The molecule has 0 amide bonds. The lowest BCUT2D eigenvalue weighted by Crippen LogP contribution is -2.53. The van der Waals surface area contributed by atoms with E-state index in [1.54, 1.807) is 38.3 Å². The van der Waals surface area contributed by atoms with E-state index in [9.17, 15) is 25.2 Å². The summed E-state index contributed by atoms with van der Waals surface area (Å²) in [7, 11) is 1.71. The number of cyclic esters (lactones) is 1. The smallest absolute Gasteiger partial charge is 0.309 e. The van der Waals surface area contributed by atoms with Gasteiger partial charge in [-0.05, 0) is 70.2 Å². The van der Waals surface area contributed by atoms with Gasteiger partial charge < -0.3 is 40.0 Å². The number of methoxy groups -OCH3 is 1. The van der Waals surface area contributed by atoms with Gasteiger partial charge in [-0.3, -0.25) is 4.79 Å². The summed E-state index contributed by atoms with van der Waals surface area (Å²) in [5.41, 5.74) is -1.07. The number of benzene rings is 1. The second kappa shape index (κ2) is 17.0. The number of hydrogen-bond donors (Lipinski definition) is 5. The molecule has 12 atom stereocenters. The number of esters is 1. The molecule has 1 saturated heterocycles.